The largest absolute Gasteiger partial charge is 0.496 e. The first-order chi connectivity index (χ1) is 23.1. The lowest BCUT2D eigenvalue weighted by Gasteiger charge is -2.30. The van der Waals surface area contributed by atoms with Gasteiger partial charge in [0.2, 0.25) is 21.8 Å². The fourth-order valence-electron chi connectivity index (χ4n) is 6.04. The van der Waals surface area contributed by atoms with Crippen molar-refractivity contribution in [2.45, 2.75) is 93.9 Å². The van der Waals surface area contributed by atoms with Crippen LogP contribution in [-0.4, -0.2) is 105 Å². The number of para-hydroxylation sites is 1. The number of amides is 4. The molecule has 0 aromatic heterocycles. The number of rotatable bonds is 7. The predicted molar refractivity (Wildman–Crippen MR) is 174 cm³/mol. The zero-order valence-electron chi connectivity index (χ0n) is 28.1. The lowest BCUT2D eigenvalue weighted by Crippen LogP contribution is -2.58. The van der Waals surface area contributed by atoms with Crippen LogP contribution in [0, 0.1) is 5.92 Å². The minimum Gasteiger partial charge on any atom is -0.496 e. The summed E-state index contributed by atoms with van der Waals surface area (Å²) in [5.74, 6) is -3.22. The number of methoxy groups -OCH3 is 1. The molecule has 4 aliphatic rings. The Hall–Kier alpha value is -4.18. The van der Waals surface area contributed by atoms with E-state index in [0.29, 0.717) is 19.3 Å². The summed E-state index contributed by atoms with van der Waals surface area (Å²) in [4.78, 5) is 69.1. The molecule has 3 N–H and O–H groups in total. The molecule has 0 spiro atoms. The van der Waals surface area contributed by atoms with E-state index in [1.165, 1.54) is 18.1 Å². The van der Waals surface area contributed by atoms with Crippen molar-refractivity contribution in [3.8, 4) is 5.75 Å². The molecule has 4 amide bonds. The molecule has 2 aliphatic carbocycles. The summed E-state index contributed by atoms with van der Waals surface area (Å²) in [6.07, 6.45) is 3.00. The Morgan fingerprint density at radius 3 is 2.53 bits per heavy atom. The second-order valence-electron chi connectivity index (χ2n) is 13.8. The summed E-state index contributed by atoms with van der Waals surface area (Å²) in [6, 6.07) is 4.08. The van der Waals surface area contributed by atoms with E-state index in [9.17, 15) is 32.4 Å². The molecule has 0 radical (unpaired) electrons. The van der Waals surface area contributed by atoms with Crippen LogP contribution in [-0.2, 0) is 38.6 Å². The summed E-state index contributed by atoms with van der Waals surface area (Å²) in [5, 5.41) is 4.70. The molecule has 2 saturated carbocycles. The number of benzene rings is 1. The Bertz CT molecular complexity index is 1600. The van der Waals surface area contributed by atoms with Gasteiger partial charge in [-0.05, 0) is 65.0 Å². The number of nitrogens with one attached hydrogen (secondary N) is 3. The van der Waals surface area contributed by atoms with Gasteiger partial charge in [0.1, 0.15) is 40.6 Å². The number of carbonyl (C=O) groups excluding carboxylic acids is 5. The molecule has 49 heavy (non-hydrogen) atoms. The molecule has 5 rings (SSSR count). The van der Waals surface area contributed by atoms with Crippen molar-refractivity contribution < 1.29 is 51.3 Å². The van der Waals surface area contributed by atoms with Crippen LogP contribution in [0.15, 0.2) is 36.4 Å². The maximum atomic E-state index is 14.2. The molecule has 268 valence electrons. The molecular weight excluding hydrogens is 660 g/mol. The van der Waals surface area contributed by atoms with Crippen molar-refractivity contribution in [2.24, 2.45) is 5.92 Å². The van der Waals surface area contributed by atoms with E-state index in [4.69, 9.17) is 18.9 Å². The van der Waals surface area contributed by atoms with E-state index in [1.807, 2.05) is 0 Å². The number of fused-ring (bicyclic) bond motifs is 2. The molecule has 0 bridgehead atoms. The van der Waals surface area contributed by atoms with E-state index < -0.39 is 80.3 Å². The van der Waals surface area contributed by atoms with Crippen LogP contribution in [0.5, 0.6) is 5.75 Å². The highest BCUT2D eigenvalue weighted by Gasteiger charge is 2.62. The minimum absolute atomic E-state index is 0.122. The monoisotopic (exact) mass is 704 g/mol. The van der Waals surface area contributed by atoms with Gasteiger partial charge in [0, 0.05) is 18.9 Å². The molecule has 0 unspecified atom stereocenters. The third kappa shape index (κ3) is 8.71. The van der Waals surface area contributed by atoms with Crippen molar-refractivity contribution in [3.05, 3.63) is 42.0 Å². The van der Waals surface area contributed by atoms with E-state index >= 15 is 0 Å². The molecular formula is C33H44N4O11S. The van der Waals surface area contributed by atoms with Crippen molar-refractivity contribution in [3.63, 3.8) is 0 Å². The standard InChI is InChI=1S/C33H44N4O11S/c1-32(2,3)48-31(42)34-24-11-8-16-46-15-7-9-20-18-33(20,30(41)36-49(43,44)22-13-14-22)35-27(38)25-17-21(19-37(25)28(24)39)47-29(40)23-10-5-6-12-26(23)45-4/h5-7,9-10,12,20-22,24-25H,8,11,13-19H2,1-4H3,(H,34,42)(H,35,38)(H,36,41)/b9-7-/t20-,21-,24+,25+,33-/m1/s1. The second kappa shape index (κ2) is 14.4. The van der Waals surface area contributed by atoms with E-state index in [0.717, 1.165) is 0 Å². The van der Waals surface area contributed by atoms with Gasteiger partial charge in [-0.3, -0.25) is 19.1 Å². The number of esters is 1. The van der Waals surface area contributed by atoms with E-state index in [1.54, 1.807) is 51.1 Å². The molecule has 15 nitrogen and oxygen atoms in total. The lowest BCUT2D eigenvalue weighted by atomic mass is 10.1. The molecule has 1 saturated heterocycles. The summed E-state index contributed by atoms with van der Waals surface area (Å²) >= 11 is 0. The number of sulfonamides is 1. The molecule has 2 heterocycles. The van der Waals surface area contributed by atoms with Gasteiger partial charge < -0.3 is 34.5 Å². The fraction of sp³-hybridized carbons (Fsp3) is 0.606. The van der Waals surface area contributed by atoms with Gasteiger partial charge in [-0.25, -0.2) is 18.0 Å². The van der Waals surface area contributed by atoms with Crippen LogP contribution in [0.4, 0.5) is 4.79 Å². The first kappa shape index (κ1) is 36.1. The summed E-state index contributed by atoms with van der Waals surface area (Å²) < 4.78 is 49.7. The van der Waals surface area contributed by atoms with Crippen LogP contribution < -0.4 is 20.1 Å². The highest BCUT2D eigenvalue weighted by atomic mass is 32.2. The van der Waals surface area contributed by atoms with Crippen LogP contribution >= 0.6 is 0 Å². The third-order valence-electron chi connectivity index (χ3n) is 8.77. The minimum atomic E-state index is -3.93. The molecule has 1 aromatic rings. The highest BCUT2D eigenvalue weighted by molar-refractivity contribution is 7.91. The normalized spacial score (nSPS) is 28.4. The maximum absolute atomic E-state index is 14.2. The van der Waals surface area contributed by atoms with Gasteiger partial charge in [-0.15, -0.1) is 0 Å². The number of nitrogens with zero attached hydrogens (tertiary/aromatic N) is 1. The fourth-order valence-corrected chi connectivity index (χ4v) is 7.40. The van der Waals surface area contributed by atoms with Crippen LogP contribution in [0.1, 0.15) is 69.7 Å². The Morgan fingerprint density at radius 1 is 1.10 bits per heavy atom. The van der Waals surface area contributed by atoms with Crippen LogP contribution in [0.25, 0.3) is 0 Å². The predicted octanol–water partition coefficient (Wildman–Crippen LogP) is 1.56. The van der Waals surface area contributed by atoms with Gasteiger partial charge in [-0.2, -0.15) is 0 Å². The number of ether oxygens (including phenoxy) is 4. The number of hydrogen-bond donors (Lipinski definition) is 3. The third-order valence-corrected chi connectivity index (χ3v) is 10.6. The summed E-state index contributed by atoms with van der Waals surface area (Å²) in [7, 11) is -2.52. The zero-order valence-corrected chi connectivity index (χ0v) is 28.9. The maximum Gasteiger partial charge on any atom is 0.408 e. The number of alkyl carbamates (subject to hydrolysis) is 1. The first-order valence-electron chi connectivity index (χ1n) is 16.4. The lowest BCUT2D eigenvalue weighted by molar-refractivity contribution is -0.141. The number of hydrogen-bond acceptors (Lipinski definition) is 11. The van der Waals surface area contributed by atoms with Crippen molar-refractivity contribution in [1.82, 2.24) is 20.3 Å². The smallest absolute Gasteiger partial charge is 0.408 e. The van der Waals surface area contributed by atoms with Gasteiger partial charge in [0.25, 0.3) is 5.91 Å². The Labute approximate surface area is 285 Å². The highest BCUT2D eigenvalue weighted by Crippen LogP contribution is 2.46. The number of carbonyl (C=O) groups is 5. The molecule has 16 heteroatoms. The summed E-state index contributed by atoms with van der Waals surface area (Å²) in [5.41, 5.74) is -2.29. The molecule has 5 atom stereocenters. The Morgan fingerprint density at radius 2 is 1.84 bits per heavy atom. The van der Waals surface area contributed by atoms with Gasteiger partial charge in [0.05, 0.1) is 25.5 Å². The molecule has 2 aliphatic heterocycles. The Balaban J connectivity index is 1.43. The van der Waals surface area contributed by atoms with Crippen molar-refractivity contribution in [1.29, 1.82) is 0 Å². The van der Waals surface area contributed by atoms with Crippen molar-refractivity contribution in [2.75, 3.05) is 26.9 Å². The van der Waals surface area contributed by atoms with Crippen molar-refractivity contribution >= 4 is 39.8 Å². The quantitative estimate of drug-likeness (QED) is 0.275. The Kier molecular flexibility index (Phi) is 10.6. The van der Waals surface area contributed by atoms with Gasteiger partial charge >= 0.3 is 12.1 Å². The average molecular weight is 705 g/mol. The molecule has 1 aromatic carbocycles. The van der Waals surface area contributed by atoms with Crippen LogP contribution in [0.2, 0.25) is 0 Å². The molecule has 3 fully saturated rings. The van der Waals surface area contributed by atoms with Crippen LogP contribution in [0.3, 0.4) is 0 Å². The topological polar surface area (TPSA) is 196 Å². The average Bonchev–Trinajstić information content (AvgIpc) is 3.95. The zero-order chi connectivity index (χ0) is 35.6. The first-order valence-corrected chi connectivity index (χ1v) is 17.9. The van der Waals surface area contributed by atoms with E-state index in [-0.39, 0.29) is 50.3 Å². The second-order valence-corrected chi connectivity index (χ2v) is 15.7. The SMILES string of the molecule is COc1ccccc1C(=O)O[C@@H]1C[C@H]2C(=O)N[C@]3(C(=O)NS(=O)(=O)C4CC4)C[C@H]3/C=C\COCCC[C@H](NC(=O)OC(C)(C)C)C(=O)N2C1. The van der Waals surface area contributed by atoms with Gasteiger partial charge in [0.15, 0.2) is 0 Å². The van der Waals surface area contributed by atoms with E-state index in [2.05, 4.69) is 15.4 Å². The van der Waals surface area contributed by atoms with Gasteiger partial charge in [-0.1, -0.05) is 24.3 Å². The summed E-state index contributed by atoms with van der Waals surface area (Å²) in [6.45, 7) is 5.26.